The fourth-order valence-electron chi connectivity index (χ4n) is 2.46. The molecule has 118 valence electrons. The minimum Gasteiger partial charge on any atom is -0.263 e. The average Bonchev–Trinajstić information content (AvgIpc) is 2.81. The minimum atomic E-state index is -0.833. The second kappa shape index (κ2) is 6.34. The van der Waals surface area contributed by atoms with Crippen LogP contribution in [0, 0.1) is 11.3 Å². The summed E-state index contributed by atoms with van der Waals surface area (Å²) in [5, 5.41) is 8.79. The van der Waals surface area contributed by atoms with Gasteiger partial charge in [0.15, 0.2) is 0 Å². The van der Waals surface area contributed by atoms with Gasteiger partial charge in [-0.05, 0) is 23.3 Å². The third kappa shape index (κ3) is 2.88. The van der Waals surface area contributed by atoms with Crippen LogP contribution >= 0.6 is 0 Å². The number of imide groups is 2. The maximum atomic E-state index is 12.4. The Kier molecular flexibility index (Phi) is 4.08. The van der Waals surface area contributed by atoms with Crippen LogP contribution in [0.3, 0.4) is 0 Å². The number of carbonyl (C=O) groups is 3. The quantitative estimate of drug-likeness (QED) is 0.638. The largest absolute Gasteiger partial charge is 0.334 e. The Hall–Kier alpha value is -3.46. The van der Waals surface area contributed by atoms with Crippen LogP contribution in [0.2, 0.25) is 0 Å². The van der Waals surface area contributed by atoms with Crippen molar-refractivity contribution >= 4 is 17.8 Å². The smallest absolute Gasteiger partial charge is 0.263 e. The van der Waals surface area contributed by atoms with E-state index in [-0.39, 0.29) is 13.1 Å². The van der Waals surface area contributed by atoms with Gasteiger partial charge in [-0.2, -0.15) is 5.26 Å². The van der Waals surface area contributed by atoms with E-state index in [1.165, 1.54) is 0 Å². The SMILES string of the molecule is N#Cc1ccc(CN2C(=O)C(=O)N(Cc3ccccc3)C2=O)cc1. The molecule has 6 heteroatoms. The van der Waals surface area contributed by atoms with Gasteiger partial charge in [0.25, 0.3) is 0 Å². The molecule has 1 aliphatic rings. The molecule has 0 aromatic heterocycles. The van der Waals surface area contributed by atoms with Crippen LogP contribution in [0.15, 0.2) is 54.6 Å². The third-order valence-electron chi connectivity index (χ3n) is 3.74. The van der Waals surface area contributed by atoms with E-state index in [4.69, 9.17) is 5.26 Å². The Morgan fingerprint density at radius 1 is 0.750 bits per heavy atom. The van der Waals surface area contributed by atoms with Crippen molar-refractivity contribution in [2.24, 2.45) is 0 Å². The maximum absolute atomic E-state index is 12.4. The number of hydrogen-bond donors (Lipinski definition) is 0. The molecule has 3 rings (SSSR count). The van der Waals surface area contributed by atoms with Crippen LogP contribution in [0.1, 0.15) is 16.7 Å². The molecule has 0 aliphatic carbocycles. The number of amides is 4. The van der Waals surface area contributed by atoms with Gasteiger partial charge in [0.2, 0.25) is 0 Å². The monoisotopic (exact) mass is 319 g/mol. The number of nitriles is 1. The molecule has 1 heterocycles. The first kappa shape index (κ1) is 15.4. The minimum absolute atomic E-state index is 0.000402. The highest BCUT2D eigenvalue weighted by atomic mass is 16.2. The van der Waals surface area contributed by atoms with Crippen LogP contribution in [-0.4, -0.2) is 27.6 Å². The Morgan fingerprint density at radius 2 is 1.25 bits per heavy atom. The second-order valence-electron chi connectivity index (χ2n) is 5.36. The summed E-state index contributed by atoms with van der Waals surface area (Å²) in [4.78, 5) is 38.5. The van der Waals surface area contributed by atoms with E-state index in [0.29, 0.717) is 11.1 Å². The van der Waals surface area contributed by atoms with Gasteiger partial charge in [0.1, 0.15) is 0 Å². The topological polar surface area (TPSA) is 81.5 Å². The Morgan fingerprint density at radius 3 is 1.75 bits per heavy atom. The van der Waals surface area contributed by atoms with Crippen molar-refractivity contribution < 1.29 is 14.4 Å². The summed E-state index contributed by atoms with van der Waals surface area (Å²) in [5.74, 6) is -1.65. The van der Waals surface area contributed by atoms with Crippen LogP contribution in [0.4, 0.5) is 4.79 Å². The first-order chi connectivity index (χ1) is 11.6. The van der Waals surface area contributed by atoms with Crippen molar-refractivity contribution in [2.45, 2.75) is 13.1 Å². The second-order valence-corrected chi connectivity index (χ2v) is 5.36. The van der Waals surface area contributed by atoms with E-state index in [1.54, 1.807) is 48.5 Å². The molecular weight excluding hydrogens is 306 g/mol. The van der Waals surface area contributed by atoms with Crippen molar-refractivity contribution in [1.29, 1.82) is 5.26 Å². The number of urea groups is 1. The highest BCUT2D eigenvalue weighted by molar-refractivity contribution is 6.44. The zero-order chi connectivity index (χ0) is 17.1. The lowest BCUT2D eigenvalue weighted by Crippen LogP contribution is -2.32. The van der Waals surface area contributed by atoms with Crippen molar-refractivity contribution in [1.82, 2.24) is 9.80 Å². The number of benzene rings is 2. The fourth-order valence-corrected chi connectivity index (χ4v) is 2.46. The highest BCUT2D eigenvalue weighted by Crippen LogP contribution is 2.18. The van der Waals surface area contributed by atoms with E-state index in [2.05, 4.69) is 0 Å². The summed E-state index contributed by atoms with van der Waals surface area (Å²) >= 11 is 0. The molecule has 2 aromatic rings. The predicted octanol–water partition coefficient (Wildman–Crippen LogP) is 2.05. The van der Waals surface area contributed by atoms with Gasteiger partial charge in [-0.25, -0.2) is 4.79 Å². The Balaban J connectivity index is 1.77. The molecule has 0 N–H and O–H groups in total. The van der Waals surface area contributed by atoms with E-state index in [9.17, 15) is 14.4 Å². The molecule has 0 radical (unpaired) electrons. The molecule has 0 spiro atoms. The summed E-state index contributed by atoms with van der Waals surface area (Å²) < 4.78 is 0. The molecule has 2 aromatic carbocycles. The van der Waals surface area contributed by atoms with E-state index in [1.807, 2.05) is 12.1 Å². The molecule has 1 aliphatic heterocycles. The Bertz CT molecular complexity index is 838. The van der Waals surface area contributed by atoms with E-state index in [0.717, 1.165) is 15.4 Å². The summed E-state index contributed by atoms with van der Waals surface area (Å²) in [6.45, 7) is 0.0640. The first-order valence-corrected chi connectivity index (χ1v) is 7.30. The lowest BCUT2D eigenvalue weighted by Gasteiger charge is -2.15. The average molecular weight is 319 g/mol. The molecule has 1 fully saturated rings. The van der Waals surface area contributed by atoms with E-state index >= 15 is 0 Å². The van der Waals surface area contributed by atoms with Crippen molar-refractivity contribution in [3.63, 3.8) is 0 Å². The predicted molar refractivity (Wildman–Crippen MR) is 84.1 cm³/mol. The number of nitrogens with zero attached hydrogens (tertiary/aromatic N) is 3. The molecule has 1 saturated heterocycles. The zero-order valence-electron chi connectivity index (χ0n) is 12.7. The molecule has 6 nitrogen and oxygen atoms in total. The van der Waals surface area contributed by atoms with Gasteiger partial charge in [-0.15, -0.1) is 0 Å². The van der Waals surface area contributed by atoms with Crippen LogP contribution in [0.5, 0.6) is 0 Å². The summed E-state index contributed by atoms with van der Waals surface area (Å²) in [7, 11) is 0. The zero-order valence-corrected chi connectivity index (χ0v) is 12.7. The lowest BCUT2D eigenvalue weighted by molar-refractivity contribution is -0.143. The first-order valence-electron chi connectivity index (χ1n) is 7.30. The molecule has 0 unspecified atom stereocenters. The Labute approximate surface area is 138 Å². The van der Waals surface area contributed by atoms with Crippen LogP contribution in [0.25, 0.3) is 0 Å². The van der Waals surface area contributed by atoms with Crippen molar-refractivity contribution in [2.75, 3.05) is 0 Å². The van der Waals surface area contributed by atoms with E-state index < -0.39 is 17.8 Å². The standard InChI is InChI=1S/C18H13N3O3/c19-10-13-6-8-15(9-7-13)12-21-17(23)16(22)20(18(21)24)11-14-4-2-1-3-5-14/h1-9H,11-12H2. The van der Waals surface area contributed by atoms with Gasteiger partial charge in [0, 0.05) is 0 Å². The van der Waals surface area contributed by atoms with Crippen LogP contribution < -0.4 is 0 Å². The third-order valence-corrected chi connectivity index (χ3v) is 3.74. The van der Waals surface area contributed by atoms with Gasteiger partial charge < -0.3 is 0 Å². The lowest BCUT2D eigenvalue weighted by atomic mass is 10.1. The van der Waals surface area contributed by atoms with Gasteiger partial charge in [-0.3, -0.25) is 19.4 Å². The molecule has 4 amide bonds. The summed E-state index contributed by atoms with van der Waals surface area (Å²) in [6, 6.07) is 16.9. The maximum Gasteiger partial charge on any atom is 0.334 e. The highest BCUT2D eigenvalue weighted by Gasteiger charge is 2.44. The van der Waals surface area contributed by atoms with Crippen molar-refractivity contribution in [3.05, 3.63) is 71.3 Å². The summed E-state index contributed by atoms with van der Waals surface area (Å²) in [6.07, 6.45) is 0. The van der Waals surface area contributed by atoms with Crippen molar-refractivity contribution in [3.8, 4) is 6.07 Å². The van der Waals surface area contributed by atoms with Gasteiger partial charge in [0.05, 0.1) is 24.7 Å². The molecule has 0 bridgehead atoms. The molecule has 0 saturated carbocycles. The fraction of sp³-hybridized carbons (Fsp3) is 0.111. The normalized spacial score (nSPS) is 14.2. The molecule has 0 atom stereocenters. The number of carbonyl (C=O) groups excluding carboxylic acids is 3. The van der Waals surface area contributed by atoms with Gasteiger partial charge >= 0.3 is 17.8 Å². The van der Waals surface area contributed by atoms with Gasteiger partial charge in [-0.1, -0.05) is 42.5 Å². The number of hydrogen-bond acceptors (Lipinski definition) is 4. The number of rotatable bonds is 4. The summed E-state index contributed by atoms with van der Waals surface area (Å²) in [5.41, 5.74) is 1.93. The molecular formula is C18H13N3O3. The molecule has 24 heavy (non-hydrogen) atoms. The van der Waals surface area contributed by atoms with Crippen LogP contribution in [-0.2, 0) is 22.7 Å².